The number of nitrogens with one attached hydrogen (secondary N) is 1. The van der Waals surface area contributed by atoms with Crippen LogP contribution in [0.5, 0.6) is 0 Å². The topological polar surface area (TPSA) is 72.5 Å². The van der Waals surface area contributed by atoms with Crippen LogP contribution in [0.2, 0.25) is 0 Å². The van der Waals surface area contributed by atoms with Crippen molar-refractivity contribution in [2.45, 2.75) is 37.6 Å². The first-order valence-corrected chi connectivity index (χ1v) is 9.98. The molecule has 1 aliphatic heterocycles. The van der Waals surface area contributed by atoms with Gasteiger partial charge in [-0.3, -0.25) is 14.8 Å². The number of carbonyl (C=O) groups excluding carboxylic acids is 1. The normalized spacial score (nSPS) is 20.8. The number of aliphatic hydroxyl groups is 1. The van der Waals surface area contributed by atoms with Crippen LogP contribution in [0.3, 0.4) is 0 Å². The predicted molar refractivity (Wildman–Crippen MR) is 104 cm³/mol. The summed E-state index contributed by atoms with van der Waals surface area (Å²) in [6.45, 7) is 3.29. The molecule has 2 aliphatic rings. The van der Waals surface area contributed by atoms with Crippen LogP contribution in [0.4, 0.5) is 0 Å². The fourth-order valence-corrected chi connectivity index (χ4v) is 3.92. The molecule has 1 saturated heterocycles. The van der Waals surface area contributed by atoms with Crippen molar-refractivity contribution >= 4 is 5.91 Å². The van der Waals surface area contributed by atoms with Gasteiger partial charge in [0.2, 0.25) is 0 Å². The summed E-state index contributed by atoms with van der Waals surface area (Å²) in [5, 5.41) is 16.8. The number of aromatic amines is 1. The fourth-order valence-electron chi connectivity index (χ4n) is 3.92. The molecule has 1 aliphatic carbocycles. The Hall–Kier alpha value is -2.18. The maximum atomic E-state index is 12.9. The van der Waals surface area contributed by atoms with Gasteiger partial charge in [-0.15, -0.1) is 0 Å². The zero-order chi connectivity index (χ0) is 18.6. The number of hydrogen-bond acceptors (Lipinski definition) is 4. The third kappa shape index (κ3) is 4.39. The molecule has 2 aromatic rings. The van der Waals surface area contributed by atoms with Gasteiger partial charge < -0.3 is 10.0 Å². The van der Waals surface area contributed by atoms with Crippen molar-refractivity contribution in [1.82, 2.24) is 20.0 Å². The van der Waals surface area contributed by atoms with Crippen molar-refractivity contribution in [2.75, 3.05) is 32.8 Å². The van der Waals surface area contributed by atoms with Crippen LogP contribution in [-0.4, -0.2) is 69.8 Å². The quantitative estimate of drug-likeness (QED) is 0.784. The first-order valence-electron chi connectivity index (χ1n) is 9.98. The summed E-state index contributed by atoms with van der Waals surface area (Å²) < 4.78 is 0. The summed E-state index contributed by atoms with van der Waals surface area (Å²) in [5.74, 6) is 0.569. The number of hydrogen-bond donors (Lipinski definition) is 2. The van der Waals surface area contributed by atoms with E-state index in [1.807, 2.05) is 17.0 Å². The van der Waals surface area contributed by atoms with Crippen LogP contribution in [0.15, 0.2) is 36.4 Å². The maximum Gasteiger partial charge on any atom is 0.274 e. The van der Waals surface area contributed by atoms with Crippen molar-refractivity contribution in [3.63, 3.8) is 0 Å². The van der Waals surface area contributed by atoms with E-state index in [0.29, 0.717) is 31.1 Å². The molecule has 27 heavy (non-hydrogen) atoms. The Kier molecular flexibility index (Phi) is 5.55. The van der Waals surface area contributed by atoms with E-state index in [9.17, 15) is 9.90 Å². The predicted octanol–water partition coefficient (Wildman–Crippen LogP) is 2.04. The largest absolute Gasteiger partial charge is 0.396 e. The van der Waals surface area contributed by atoms with Crippen LogP contribution in [0.1, 0.15) is 46.9 Å². The van der Waals surface area contributed by atoms with Crippen LogP contribution in [-0.2, 0) is 6.42 Å². The number of nitrogens with zero attached hydrogens (tertiary/aromatic N) is 3. The molecule has 0 spiro atoms. The summed E-state index contributed by atoms with van der Waals surface area (Å²) in [7, 11) is 0. The summed E-state index contributed by atoms with van der Waals surface area (Å²) in [6.07, 6.45) is 4.05. The molecule has 1 aromatic carbocycles. The Morgan fingerprint density at radius 3 is 2.78 bits per heavy atom. The van der Waals surface area contributed by atoms with E-state index in [4.69, 9.17) is 0 Å². The van der Waals surface area contributed by atoms with Crippen LogP contribution in [0, 0.1) is 0 Å². The lowest BCUT2D eigenvalue weighted by molar-refractivity contribution is 0.0421. The molecule has 0 radical (unpaired) electrons. The molecule has 0 unspecified atom stereocenters. The van der Waals surface area contributed by atoms with Crippen LogP contribution >= 0.6 is 0 Å². The highest BCUT2D eigenvalue weighted by Gasteiger charge is 2.32. The van der Waals surface area contributed by atoms with E-state index < -0.39 is 0 Å². The van der Waals surface area contributed by atoms with E-state index in [0.717, 1.165) is 25.2 Å². The third-order valence-electron chi connectivity index (χ3n) is 5.72. The molecular formula is C21H28N4O2. The number of aliphatic hydroxyl groups excluding tert-OH is 1. The molecule has 2 heterocycles. The van der Waals surface area contributed by atoms with Crippen LogP contribution in [0.25, 0.3) is 0 Å². The van der Waals surface area contributed by atoms with E-state index in [1.54, 1.807) is 0 Å². The van der Waals surface area contributed by atoms with Crippen LogP contribution < -0.4 is 0 Å². The smallest absolute Gasteiger partial charge is 0.274 e. The first kappa shape index (κ1) is 18.2. The monoisotopic (exact) mass is 368 g/mol. The zero-order valence-electron chi connectivity index (χ0n) is 15.7. The Morgan fingerprint density at radius 1 is 1.22 bits per heavy atom. The fraction of sp³-hybridized carbons (Fsp3) is 0.524. The highest BCUT2D eigenvalue weighted by atomic mass is 16.3. The Morgan fingerprint density at radius 2 is 2.04 bits per heavy atom. The number of amides is 1. The highest BCUT2D eigenvalue weighted by Crippen LogP contribution is 2.39. The van der Waals surface area contributed by atoms with Gasteiger partial charge in [0.1, 0.15) is 5.69 Å². The Bertz CT molecular complexity index is 757. The van der Waals surface area contributed by atoms with Gasteiger partial charge >= 0.3 is 0 Å². The summed E-state index contributed by atoms with van der Waals surface area (Å²) in [5.41, 5.74) is 2.94. The lowest BCUT2D eigenvalue weighted by atomic mass is 10.1. The van der Waals surface area contributed by atoms with Gasteiger partial charge in [-0.05, 0) is 37.3 Å². The molecule has 1 atom stereocenters. The van der Waals surface area contributed by atoms with Gasteiger partial charge in [-0.1, -0.05) is 30.3 Å². The molecule has 144 valence electrons. The van der Waals surface area contributed by atoms with Crippen molar-refractivity contribution in [3.05, 3.63) is 53.3 Å². The SMILES string of the molecule is O=C(c1cc(C2CC2)[nH]n1)N1CCN(CCc2ccccc2)[C@H](CCO)C1. The molecule has 6 heteroatoms. The van der Waals surface area contributed by atoms with Gasteiger partial charge in [0.15, 0.2) is 0 Å². The summed E-state index contributed by atoms with van der Waals surface area (Å²) in [4.78, 5) is 17.2. The molecule has 2 N–H and O–H groups in total. The number of carbonyl (C=O) groups is 1. The average Bonchev–Trinajstić information content (AvgIpc) is 3.44. The molecule has 1 aromatic heterocycles. The molecule has 2 fully saturated rings. The number of piperazine rings is 1. The standard InChI is InChI=1S/C21H28N4O2/c26-13-9-18-15-25(21(27)20-14-19(22-23-20)17-6-7-17)12-11-24(18)10-8-16-4-2-1-3-5-16/h1-5,14,17-18,26H,6-13,15H2,(H,22,23)/t18-/m1/s1. The molecule has 4 rings (SSSR count). The number of rotatable bonds is 7. The highest BCUT2D eigenvalue weighted by molar-refractivity contribution is 5.92. The second-order valence-corrected chi connectivity index (χ2v) is 7.67. The molecule has 1 saturated carbocycles. The third-order valence-corrected chi connectivity index (χ3v) is 5.72. The Balaban J connectivity index is 1.36. The molecule has 0 bridgehead atoms. The Labute approximate surface area is 160 Å². The lowest BCUT2D eigenvalue weighted by Gasteiger charge is -2.41. The lowest BCUT2D eigenvalue weighted by Crippen LogP contribution is -2.55. The van der Waals surface area contributed by atoms with Crippen molar-refractivity contribution in [3.8, 4) is 0 Å². The van der Waals surface area contributed by atoms with E-state index in [1.165, 1.54) is 18.4 Å². The minimum atomic E-state index is 0.00352. The van der Waals surface area contributed by atoms with E-state index >= 15 is 0 Å². The summed E-state index contributed by atoms with van der Waals surface area (Å²) in [6, 6.07) is 12.6. The number of aromatic nitrogens is 2. The minimum Gasteiger partial charge on any atom is -0.396 e. The second-order valence-electron chi connectivity index (χ2n) is 7.67. The first-order chi connectivity index (χ1) is 13.2. The number of benzene rings is 1. The molecular weight excluding hydrogens is 340 g/mol. The minimum absolute atomic E-state index is 0.00352. The summed E-state index contributed by atoms with van der Waals surface area (Å²) >= 11 is 0. The second kappa shape index (κ2) is 8.23. The van der Waals surface area contributed by atoms with Gasteiger partial charge in [0, 0.05) is 50.4 Å². The number of H-pyrrole nitrogens is 1. The molecule has 6 nitrogen and oxygen atoms in total. The molecule has 1 amide bonds. The van der Waals surface area contributed by atoms with Gasteiger partial charge in [-0.2, -0.15) is 5.10 Å². The van der Waals surface area contributed by atoms with Gasteiger partial charge in [-0.25, -0.2) is 0 Å². The van der Waals surface area contributed by atoms with E-state index in [-0.39, 0.29) is 18.6 Å². The van der Waals surface area contributed by atoms with Crippen molar-refractivity contribution in [1.29, 1.82) is 0 Å². The van der Waals surface area contributed by atoms with E-state index in [2.05, 4.69) is 39.4 Å². The average molecular weight is 368 g/mol. The van der Waals surface area contributed by atoms with Gasteiger partial charge in [0.05, 0.1) is 0 Å². The van der Waals surface area contributed by atoms with Crippen molar-refractivity contribution in [2.24, 2.45) is 0 Å². The van der Waals surface area contributed by atoms with Gasteiger partial charge in [0.25, 0.3) is 5.91 Å². The van der Waals surface area contributed by atoms with Crippen molar-refractivity contribution < 1.29 is 9.90 Å². The maximum absolute atomic E-state index is 12.9. The zero-order valence-corrected chi connectivity index (χ0v) is 15.7.